The van der Waals surface area contributed by atoms with Gasteiger partial charge in [-0.25, -0.2) is 0 Å². The number of hydrogen-bond donors (Lipinski definition) is 1. The van der Waals surface area contributed by atoms with Crippen molar-refractivity contribution < 1.29 is 4.74 Å². The molecule has 0 unspecified atom stereocenters. The molecule has 0 aliphatic carbocycles. The van der Waals surface area contributed by atoms with Crippen LogP contribution in [0.2, 0.25) is 0 Å². The predicted molar refractivity (Wildman–Crippen MR) is 84.4 cm³/mol. The molecule has 2 aromatic carbocycles. The molecular formula is C18H23NO. The Morgan fingerprint density at radius 1 is 0.950 bits per heavy atom. The number of aryl methyl sites for hydroxylation is 2. The van der Waals surface area contributed by atoms with E-state index in [0.29, 0.717) is 0 Å². The lowest BCUT2D eigenvalue weighted by molar-refractivity contribution is 0.475. The summed E-state index contributed by atoms with van der Waals surface area (Å²) in [5.41, 5.74) is 3.62. The fourth-order valence-electron chi connectivity index (χ4n) is 2.16. The van der Waals surface area contributed by atoms with Gasteiger partial charge in [0, 0.05) is 6.54 Å². The van der Waals surface area contributed by atoms with Crippen LogP contribution < -0.4 is 10.1 Å². The summed E-state index contributed by atoms with van der Waals surface area (Å²) in [6.07, 6.45) is 1.16. The summed E-state index contributed by atoms with van der Waals surface area (Å²) >= 11 is 0. The zero-order valence-electron chi connectivity index (χ0n) is 12.6. The molecule has 0 atom stereocenters. The van der Waals surface area contributed by atoms with Crippen molar-refractivity contribution in [1.82, 2.24) is 5.32 Å². The molecule has 0 aromatic heterocycles. The van der Waals surface area contributed by atoms with E-state index < -0.39 is 0 Å². The Morgan fingerprint density at radius 3 is 2.20 bits per heavy atom. The standard InChI is InChI=1S/C18H23NO/c1-4-12-19-13-16-8-10-17(11-9-16)20-18-14(2)6-5-7-15(18)3/h5-11,19H,4,12-13H2,1-3H3. The molecule has 2 rings (SSSR count). The van der Waals surface area contributed by atoms with Crippen molar-refractivity contribution in [2.24, 2.45) is 0 Å². The van der Waals surface area contributed by atoms with E-state index in [1.165, 1.54) is 16.7 Å². The third kappa shape index (κ3) is 3.84. The van der Waals surface area contributed by atoms with E-state index in [-0.39, 0.29) is 0 Å². The number of rotatable bonds is 6. The number of para-hydroxylation sites is 1. The summed E-state index contributed by atoms with van der Waals surface area (Å²) in [6.45, 7) is 8.30. The Morgan fingerprint density at radius 2 is 1.60 bits per heavy atom. The van der Waals surface area contributed by atoms with Crippen LogP contribution in [-0.4, -0.2) is 6.54 Å². The van der Waals surface area contributed by atoms with Gasteiger partial charge in [-0.3, -0.25) is 0 Å². The second kappa shape index (κ2) is 7.11. The van der Waals surface area contributed by atoms with Gasteiger partial charge in [-0.1, -0.05) is 37.3 Å². The lowest BCUT2D eigenvalue weighted by atomic mass is 10.1. The van der Waals surface area contributed by atoms with Crippen LogP contribution in [0, 0.1) is 13.8 Å². The first-order valence-electron chi connectivity index (χ1n) is 7.24. The smallest absolute Gasteiger partial charge is 0.133 e. The summed E-state index contributed by atoms with van der Waals surface area (Å²) < 4.78 is 6.00. The van der Waals surface area contributed by atoms with Crippen LogP contribution in [0.3, 0.4) is 0 Å². The van der Waals surface area contributed by atoms with Gasteiger partial charge in [0.15, 0.2) is 0 Å². The number of ether oxygens (including phenoxy) is 1. The highest BCUT2D eigenvalue weighted by Crippen LogP contribution is 2.28. The number of hydrogen-bond acceptors (Lipinski definition) is 2. The molecule has 0 radical (unpaired) electrons. The van der Waals surface area contributed by atoms with E-state index in [1.807, 2.05) is 12.1 Å². The molecule has 0 heterocycles. The molecule has 20 heavy (non-hydrogen) atoms. The van der Waals surface area contributed by atoms with Gasteiger partial charge in [0.2, 0.25) is 0 Å². The Kier molecular flexibility index (Phi) is 5.19. The molecule has 0 amide bonds. The molecule has 0 spiro atoms. The average molecular weight is 269 g/mol. The summed E-state index contributed by atoms with van der Waals surface area (Å²) in [5, 5.41) is 3.40. The number of nitrogens with one attached hydrogen (secondary N) is 1. The molecule has 0 bridgehead atoms. The Hall–Kier alpha value is -1.80. The summed E-state index contributed by atoms with van der Waals surface area (Å²) in [4.78, 5) is 0. The Labute approximate surface area is 121 Å². The first kappa shape index (κ1) is 14.6. The first-order chi connectivity index (χ1) is 9.70. The quantitative estimate of drug-likeness (QED) is 0.774. The van der Waals surface area contributed by atoms with E-state index in [4.69, 9.17) is 4.74 Å². The molecule has 0 fully saturated rings. The Bertz CT molecular complexity index is 526. The second-order valence-corrected chi connectivity index (χ2v) is 5.14. The lowest BCUT2D eigenvalue weighted by Gasteiger charge is -2.12. The third-order valence-electron chi connectivity index (χ3n) is 3.31. The Balaban J connectivity index is 2.03. The minimum Gasteiger partial charge on any atom is -0.457 e. The van der Waals surface area contributed by atoms with Gasteiger partial charge in [-0.2, -0.15) is 0 Å². The van der Waals surface area contributed by atoms with Gasteiger partial charge in [-0.05, 0) is 55.6 Å². The van der Waals surface area contributed by atoms with Crippen molar-refractivity contribution in [1.29, 1.82) is 0 Å². The highest BCUT2D eigenvalue weighted by molar-refractivity contribution is 5.43. The highest BCUT2D eigenvalue weighted by atomic mass is 16.5. The summed E-state index contributed by atoms with van der Waals surface area (Å²) in [5.74, 6) is 1.85. The maximum Gasteiger partial charge on any atom is 0.133 e. The van der Waals surface area contributed by atoms with Crippen LogP contribution >= 0.6 is 0 Å². The molecule has 2 heteroatoms. The highest BCUT2D eigenvalue weighted by Gasteiger charge is 2.04. The van der Waals surface area contributed by atoms with Crippen molar-refractivity contribution in [3.63, 3.8) is 0 Å². The lowest BCUT2D eigenvalue weighted by Crippen LogP contribution is -2.13. The topological polar surface area (TPSA) is 21.3 Å². The fraction of sp³-hybridized carbons (Fsp3) is 0.333. The number of benzene rings is 2. The van der Waals surface area contributed by atoms with Gasteiger partial charge >= 0.3 is 0 Å². The van der Waals surface area contributed by atoms with Gasteiger partial charge < -0.3 is 10.1 Å². The largest absolute Gasteiger partial charge is 0.457 e. The zero-order chi connectivity index (χ0) is 14.4. The monoisotopic (exact) mass is 269 g/mol. The van der Waals surface area contributed by atoms with Crippen LogP contribution in [0.15, 0.2) is 42.5 Å². The van der Waals surface area contributed by atoms with Crippen molar-refractivity contribution >= 4 is 0 Å². The average Bonchev–Trinajstić information content (AvgIpc) is 2.45. The SMILES string of the molecule is CCCNCc1ccc(Oc2c(C)cccc2C)cc1. The van der Waals surface area contributed by atoms with Gasteiger partial charge in [0.25, 0.3) is 0 Å². The molecule has 106 valence electrons. The molecule has 0 saturated heterocycles. The van der Waals surface area contributed by atoms with E-state index in [2.05, 4.69) is 56.4 Å². The van der Waals surface area contributed by atoms with Crippen molar-refractivity contribution in [3.05, 3.63) is 59.2 Å². The molecule has 2 aromatic rings. The van der Waals surface area contributed by atoms with Gasteiger partial charge in [0.05, 0.1) is 0 Å². The zero-order valence-corrected chi connectivity index (χ0v) is 12.6. The molecule has 0 aliphatic heterocycles. The predicted octanol–water partition coefficient (Wildman–Crippen LogP) is 4.60. The second-order valence-electron chi connectivity index (χ2n) is 5.14. The first-order valence-corrected chi connectivity index (χ1v) is 7.24. The van der Waals surface area contributed by atoms with E-state index in [1.54, 1.807) is 0 Å². The van der Waals surface area contributed by atoms with Crippen LogP contribution in [0.4, 0.5) is 0 Å². The molecular weight excluding hydrogens is 246 g/mol. The molecule has 2 nitrogen and oxygen atoms in total. The van der Waals surface area contributed by atoms with Crippen molar-refractivity contribution in [2.45, 2.75) is 33.7 Å². The van der Waals surface area contributed by atoms with Crippen molar-refractivity contribution in [3.8, 4) is 11.5 Å². The molecule has 1 N–H and O–H groups in total. The van der Waals surface area contributed by atoms with Crippen LogP contribution in [-0.2, 0) is 6.54 Å². The van der Waals surface area contributed by atoms with Crippen LogP contribution in [0.25, 0.3) is 0 Å². The van der Waals surface area contributed by atoms with Crippen LogP contribution in [0.1, 0.15) is 30.0 Å². The maximum absolute atomic E-state index is 6.00. The fourth-order valence-corrected chi connectivity index (χ4v) is 2.16. The summed E-state index contributed by atoms with van der Waals surface area (Å²) in [6, 6.07) is 14.5. The minimum absolute atomic E-state index is 0.890. The van der Waals surface area contributed by atoms with E-state index in [9.17, 15) is 0 Å². The van der Waals surface area contributed by atoms with E-state index >= 15 is 0 Å². The van der Waals surface area contributed by atoms with E-state index in [0.717, 1.165) is 31.0 Å². The van der Waals surface area contributed by atoms with Gasteiger partial charge in [-0.15, -0.1) is 0 Å². The molecule has 0 saturated carbocycles. The maximum atomic E-state index is 6.00. The summed E-state index contributed by atoms with van der Waals surface area (Å²) in [7, 11) is 0. The third-order valence-corrected chi connectivity index (χ3v) is 3.31. The van der Waals surface area contributed by atoms with Gasteiger partial charge in [0.1, 0.15) is 11.5 Å². The normalized spacial score (nSPS) is 10.6. The van der Waals surface area contributed by atoms with Crippen LogP contribution in [0.5, 0.6) is 11.5 Å². The minimum atomic E-state index is 0.890. The van der Waals surface area contributed by atoms with Crippen molar-refractivity contribution in [2.75, 3.05) is 6.54 Å². The molecule has 0 aliphatic rings.